The second-order valence-corrected chi connectivity index (χ2v) is 7.70. The molecule has 1 fully saturated rings. The topological polar surface area (TPSA) is 132 Å². The van der Waals surface area contributed by atoms with Crippen molar-refractivity contribution < 1.29 is 34.4 Å². The molecule has 3 aromatic rings. The number of β-amino-alcohol motifs (C(OH)–C–C–N with tert-alkyl or cyclic N) is 1. The molecule has 0 amide bonds. The van der Waals surface area contributed by atoms with E-state index in [1.165, 1.54) is 0 Å². The first-order valence-electron chi connectivity index (χ1n) is 10.7. The van der Waals surface area contributed by atoms with Crippen molar-refractivity contribution in [1.82, 2.24) is 9.88 Å². The molecular weight excluding hydrogens is 428 g/mol. The minimum absolute atomic E-state index is 0.253. The summed E-state index contributed by atoms with van der Waals surface area (Å²) < 4.78 is 11.9. The Bertz CT molecular complexity index is 1020. The molecule has 9 nitrogen and oxygen atoms in total. The summed E-state index contributed by atoms with van der Waals surface area (Å²) in [5.74, 6) is -1.91. The fourth-order valence-corrected chi connectivity index (χ4v) is 3.62. The number of para-hydroxylation sites is 1. The van der Waals surface area contributed by atoms with Gasteiger partial charge in [-0.15, -0.1) is 0 Å². The van der Waals surface area contributed by atoms with Crippen LogP contribution in [-0.4, -0.2) is 75.6 Å². The van der Waals surface area contributed by atoms with E-state index in [4.69, 9.17) is 29.3 Å². The maximum Gasteiger partial charge on any atom is 0.414 e. The molecule has 1 aliphatic heterocycles. The summed E-state index contributed by atoms with van der Waals surface area (Å²) in [7, 11) is 0. The maximum atomic E-state index is 10.4. The van der Waals surface area contributed by atoms with Crippen LogP contribution in [-0.2, 0) is 9.59 Å². The van der Waals surface area contributed by atoms with E-state index in [-0.39, 0.29) is 6.10 Å². The number of hydrogen-bond donors (Lipinski definition) is 4. The van der Waals surface area contributed by atoms with Crippen LogP contribution in [0.5, 0.6) is 11.5 Å². The third kappa shape index (κ3) is 7.51. The fourth-order valence-electron chi connectivity index (χ4n) is 3.62. The molecule has 0 radical (unpaired) electrons. The van der Waals surface area contributed by atoms with E-state index in [0.717, 1.165) is 48.3 Å². The zero-order valence-electron chi connectivity index (χ0n) is 18.1. The molecule has 9 heteroatoms. The van der Waals surface area contributed by atoms with Crippen LogP contribution in [0, 0.1) is 0 Å². The average molecular weight is 456 g/mol. The van der Waals surface area contributed by atoms with Gasteiger partial charge in [0, 0.05) is 36.7 Å². The van der Waals surface area contributed by atoms with Crippen molar-refractivity contribution in [3.05, 3.63) is 60.8 Å². The number of fused-ring (bicyclic) bond motifs is 1. The van der Waals surface area contributed by atoms with Gasteiger partial charge in [0.2, 0.25) is 0 Å². The Morgan fingerprint density at radius 1 is 1.00 bits per heavy atom. The van der Waals surface area contributed by atoms with Crippen LogP contribution in [0.3, 0.4) is 0 Å². The Labute approximate surface area is 191 Å². The molecule has 0 bridgehead atoms. The number of hydrogen-bond acceptors (Lipinski definition) is 6. The third-order valence-corrected chi connectivity index (χ3v) is 5.22. The largest absolute Gasteiger partial charge is 0.490 e. The molecule has 4 N–H and O–H groups in total. The number of aromatic amines is 1. The highest BCUT2D eigenvalue weighted by Gasteiger charge is 2.22. The van der Waals surface area contributed by atoms with Crippen LogP contribution in [0.1, 0.15) is 12.8 Å². The summed E-state index contributed by atoms with van der Waals surface area (Å²) in [6.45, 7) is 2.79. The lowest BCUT2D eigenvalue weighted by Crippen LogP contribution is -2.43. The zero-order chi connectivity index (χ0) is 23.6. The van der Waals surface area contributed by atoms with Crippen molar-refractivity contribution in [2.75, 3.05) is 26.2 Å². The average Bonchev–Trinajstić information content (AvgIpc) is 3.30. The van der Waals surface area contributed by atoms with Crippen LogP contribution in [0.4, 0.5) is 0 Å². The second kappa shape index (κ2) is 11.9. The number of aliphatic hydroxyl groups excluding tert-OH is 1. The number of nitrogens with one attached hydrogen (secondary N) is 1. The van der Waals surface area contributed by atoms with E-state index < -0.39 is 18.0 Å². The number of likely N-dealkylation sites (tertiary alicyclic amines) is 1. The summed E-state index contributed by atoms with van der Waals surface area (Å²) >= 11 is 0. The number of benzene rings is 2. The number of aliphatic carboxylic acids is 2. The predicted molar refractivity (Wildman–Crippen MR) is 122 cm³/mol. The van der Waals surface area contributed by atoms with E-state index in [1.807, 2.05) is 60.8 Å². The van der Waals surface area contributed by atoms with Gasteiger partial charge >= 0.3 is 11.9 Å². The van der Waals surface area contributed by atoms with Crippen molar-refractivity contribution in [2.45, 2.75) is 25.0 Å². The van der Waals surface area contributed by atoms with E-state index in [9.17, 15) is 5.11 Å². The minimum Gasteiger partial charge on any atom is -0.490 e. The summed E-state index contributed by atoms with van der Waals surface area (Å²) in [4.78, 5) is 23.7. The first kappa shape index (κ1) is 24.1. The van der Waals surface area contributed by atoms with E-state index in [2.05, 4.69) is 9.88 Å². The fraction of sp³-hybridized carbons (Fsp3) is 0.333. The smallest absolute Gasteiger partial charge is 0.414 e. The normalized spacial score (nSPS) is 15.3. The molecule has 176 valence electrons. The number of carboxylic acids is 2. The van der Waals surface area contributed by atoms with Crippen LogP contribution in [0.2, 0.25) is 0 Å². The molecule has 2 heterocycles. The number of aromatic nitrogens is 1. The summed E-state index contributed by atoms with van der Waals surface area (Å²) in [6, 6.07) is 17.9. The van der Waals surface area contributed by atoms with Gasteiger partial charge in [0.1, 0.15) is 30.3 Å². The Morgan fingerprint density at radius 3 is 2.36 bits per heavy atom. The summed E-state index contributed by atoms with van der Waals surface area (Å²) in [5.41, 5.74) is 1.04. The van der Waals surface area contributed by atoms with Crippen LogP contribution >= 0.6 is 0 Å². The van der Waals surface area contributed by atoms with Crippen molar-refractivity contribution in [3.63, 3.8) is 0 Å². The van der Waals surface area contributed by atoms with Gasteiger partial charge in [0.25, 0.3) is 0 Å². The second-order valence-electron chi connectivity index (χ2n) is 7.70. The van der Waals surface area contributed by atoms with Gasteiger partial charge in [-0.1, -0.05) is 24.3 Å². The summed E-state index contributed by atoms with van der Waals surface area (Å²) in [6.07, 6.45) is 3.60. The Balaban J connectivity index is 0.000000454. The van der Waals surface area contributed by atoms with Gasteiger partial charge in [0.15, 0.2) is 0 Å². The summed E-state index contributed by atoms with van der Waals surface area (Å²) in [5, 5.41) is 26.2. The highest BCUT2D eigenvalue weighted by atomic mass is 16.5. The van der Waals surface area contributed by atoms with E-state index >= 15 is 0 Å². The van der Waals surface area contributed by atoms with Crippen molar-refractivity contribution in [2.24, 2.45) is 0 Å². The number of aliphatic hydroxyl groups is 1. The van der Waals surface area contributed by atoms with E-state index in [1.54, 1.807) is 0 Å². The lowest BCUT2D eigenvalue weighted by Gasteiger charge is -2.33. The number of nitrogens with zero attached hydrogens (tertiary/aromatic N) is 1. The van der Waals surface area contributed by atoms with E-state index in [0.29, 0.717) is 13.2 Å². The number of piperidine rings is 1. The van der Waals surface area contributed by atoms with Gasteiger partial charge in [-0.05, 0) is 43.2 Å². The molecule has 0 spiro atoms. The van der Waals surface area contributed by atoms with Crippen LogP contribution in [0.25, 0.3) is 10.9 Å². The van der Waals surface area contributed by atoms with Gasteiger partial charge in [-0.3, -0.25) is 0 Å². The molecule has 1 aliphatic rings. The Hall–Kier alpha value is -3.56. The monoisotopic (exact) mass is 456 g/mol. The van der Waals surface area contributed by atoms with Crippen molar-refractivity contribution >= 4 is 22.8 Å². The molecule has 1 atom stereocenters. The first-order valence-corrected chi connectivity index (χ1v) is 10.7. The molecule has 0 unspecified atom stereocenters. The molecule has 4 rings (SSSR count). The molecule has 2 aromatic carbocycles. The first-order chi connectivity index (χ1) is 15.9. The molecule has 1 saturated heterocycles. The highest BCUT2D eigenvalue weighted by molar-refractivity contribution is 6.27. The highest BCUT2D eigenvalue weighted by Crippen LogP contribution is 2.24. The zero-order valence-corrected chi connectivity index (χ0v) is 18.1. The molecular formula is C24H28N2O7. The lowest BCUT2D eigenvalue weighted by atomic mass is 10.1. The van der Waals surface area contributed by atoms with Gasteiger partial charge in [-0.25, -0.2) is 9.59 Å². The Morgan fingerprint density at radius 2 is 1.70 bits per heavy atom. The molecule has 0 aliphatic carbocycles. The molecule has 33 heavy (non-hydrogen) atoms. The minimum atomic E-state index is -1.82. The lowest BCUT2D eigenvalue weighted by molar-refractivity contribution is -0.159. The number of H-pyrrole nitrogens is 1. The van der Waals surface area contributed by atoms with Crippen molar-refractivity contribution in [3.8, 4) is 11.5 Å². The standard InChI is InChI=1S/C22H26N2O3.C2H2O4/c25-17(16-26-22-8-4-7-21-20(22)9-12-23-21)15-24-13-10-19(11-14-24)27-18-5-2-1-3-6-18;3-1(4)2(5)6/h1-9,12,17,19,23,25H,10-11,13-16H2;(H,3,4)(H,5,6)/t17-;/m0./s1. The predicted octanol–water partition coefficient (Wildman–Crippen LogP) is 2.61. The van der Waals surface area contributed by atoms with Crippen molar-refractivity contribution in [1.29, 1.82) is 0 Å². The SMILES string of the molecule is O=C(O)C(=O)O.O[C@H](COc1cccc2[nH]ccc12)CN1CCC(Oc2ccccc2)CC1. The molecule has 0 saturated carbocycles. The maximum absolute atomic E-state index is 10.4. The Kier molecular flexibility index (Phi) is 8.68. The quantitative estimate of drug-likeness (QED) is 0.399. The number of ether oxygens (including phenoxy) is 2. The number of carboxylic acid groups (broad SMARTS) is 2. The van der Waals surface area contributed by atoms with Gasteiger partial charge in [-0.2, -0.15) is 0 Å². The van der Waals surface area contributed by atoms with Crippen LogP contribution < -0.4 is 9.47 Å². The molecule has 1 aromatic heterocycles. The van der Waals surface area contributed by atoms with Gasteiger partial charge < -0.3 is 34.7 Å². The van der Waals surface area contributed by atoms with Gasteiger partial charge in [0.05, 0.1) is 0 Å². The number of rotatable bonds is 7. The van der Waals surface area contributed by atoms with Crippen LogP contribution in [0.15, 0.2) is 60.8 Å². The third-order valence-electron chi connectivity index (χ3n) is 5.22. The number of carbonyl (C=O) groups is 2.